The Bertz CT molecular complexity index is 696. The van der Waals surface area contributed by atoms with Crippen molar-refractivity contribution in [3.05, 3.63) is 11.3 Å². The number of amides is 1. The Balaban J connectivity index is 1.98. The predicted octanol–water partition coefficient (Wildman–Crippen LogP) is 2.69. The molecule has 3 rings (SSSR count). The highest BCUT2D eigenvalue weighted by Gasteiger charge is 2.59. The van der Waals surface area contributed by atoms with Crippen molar-refractivity contribution in [2.45, 2.75) is 70.4 Å². The van der Waals surface area contributed by atoms with Gasteiger partial charge in [-0.15, -0.1) is 0 Å². The van der Waals surface area contributed by atoms with Crippen LogP contribution < -0.4 is 10.6 Å². The number of hydrogen-bond donors (Lipinski definition) is 2. The Labute approximate surface area is 138 Å². The van der Waals surface area contributed by atoms with Crippen LogP contribution in [0.1, 0.15) is 49.7 Å². The molecule has 2 heterocycles. The van der Waals surface area contributed by atoms with Crippen LogP contribution in [0.2, 0.25) is 24.7 Å². The lowest BCUT2D eigenvalue weighted by atomic mass is 10.0. The standard InChI is InChI=1S/C16H26N4O2Si/c1-10(21)20-13(11-9-17-15(2,3)12(11)19-20)18-14(22)16(7-8-16)23(4,5)6/h17H,7-9H2,1-6H3,(H,18,22). The maximum atomic E-state index is 12.9. The molecule has 0 radical (unpaired) electrons. The summed E-state index contributed by atoms with van der Waals surface area (Å²) in [6.07, 6.45) is 1.91. The summed E-state index contributed by atoms with van der Waals surface area (Å²) in [7, 11) is -1.61. The van der Waals surface area contributed by atoms with E-state index in [0.29, 0.717) is 12.4 Å². The van der Waals surface area contributed by atoms with Crippen molar-refractivity contribution in [3.8, 4) is 0 Å². The van der Waals surface area contributed by atoms with Crippen molar-refractivity contribution < 1.29 is 9.59 Å². The average Bonchev–Trinajstić information content (AvgIpc) is 3.07. The Kier molecular flexibility index (Phi) is 3.40. The summed E-state index contributed by atoms with van der Waals surface area (Å²) in [6, 6.07) is 0. The molecule has 0 aromatic carbocycles. The number of nitrogens with zero attached hydrogens (tertiary/aromatic N) is 2. The summed E-state index contributed by atoms with van der Waals surface area (Å²) >= 11 is 0. The van der Waals surface area contributed by atoms with Crippen LogP contribution in [-0.4, -0.2) is 29.7 Å². The molecule has 0 atom stereocenters. The Morgan fingerprint density at radius 2 is 1.87 bits per heavy atom. The quantitative estimate of drug-likeness (QED) is 0.833. The minimum absolute atomic E-state index is 0.0616. The second kappa shape index (κ2) is 4.77. The van der Waals surface area contributed by atoms with Gasteiger partial charge in [0.05, 0.1) is 19.3 Å². The van der Waals surface area contributed by atoms with Gasteiger partial charge in [0.1, 0.15) is 5.82 Å². The fraction of sp³-hybridized carbons (Fsp3) is 0.688. The van der Waals surface area contributed by atoms with E-state index in [0.717, 1.165) is 24.1 Å². The zero-order valence-corrected chi connectivity index (χ0v) is 15.8. The Morgan fingerprint density at radius 1 is 1.26 bits per heavy atom. The van der Waals surface area contributed by atoms with Crippen molar-refractivity contribution in [1.29, 1.82) is 0 Å². The first-order valence-electron chi connectivity index (χ1n) is 8.19. The number of nitrogens with one attached hydrogen (secondary N) is 2. The number of fused-ring (bicyclic) bond motifs is 1. The first-order chi connectivity index (χ1) is 10.5. The minimum atomic E-state index is -1.61. The van der Waals surface area contributed by atoms with Crippen molar-refractivity contribution in [2.75, 3.05) is 5.32 Å². The van der Waals surface area contributed by atoms with Crippen molar-refractivity contribution in [3.63, 3.8) is 0 Å². The summed E-state index contributed by atoms with van der Waals surface area (Å²) in [5, 5.41) is 10.7. The lowest BCUT2D eigenvalue weighted by Gasteiger charge is -2.27. The Morgan fingerprint density at radius 3 is 2.35 bits per heavy atom. The molecule has 1 aromatic rings. The van der Waals surface area contributed by atoms with E-state index in [9.17, 15) is 9.59 Å². The molecular weight excluding hydrogens is 308 g/mol. The van der Waals surface area contributed by atoms with Gasteiger partial charge in [0.2, 0.25) is 11.8 Å². The molecule has 0 spiro atoms. The van der Waals surface area contributed by atoms with Gasteiger partial charge < -0.3 is 10.6 Å². The van der Waals surface area contributed by atoms with Gasteiger partial charge in [-0.1, -0.05) is 19.6 Å². The van der Waals surface area contributed by atoms with E-state index in [-0.39, 0.29) is 22.4 Å². The van der Waals surface area contributed by atoms with Gasteiger partial charge in [-0.25, -0.2) is 0 Å². The van der Waals surface area contributed by atoms with E-state index in [1.807, 2.05) is 13.8 Å². The second-order valence-corrected chi connectivity index (χ2v) is 13.8. The van der Waals surface area contributed by atoms with Crippen LogP contribution in [-0.2, 0) is 16.9 Å². The molecule has 1 aromatic heterocycles. The topological polar surface area (TPSA) is 76.0 Å². The highest BCUT2D eigenvalue weighted by atomic mass is 28.3. The summed E-state index contributed by atoms with van der Waals surface area (Å²) in [5.74, 6) is 0.440. The van der Waals surface area contributed by atoms with Gasteiger partial charge >= 0.3 is 0 Å². The molecule has 6 nitrogen and oxygen atoms in total. The van der Waals surface area contributed by atoms with Gasteiger partial charge in [0.15, 0.2) is 0 Å². The molecule has 1 fully saturated rings. The molecule has 126 valence electrons. The zero-order valence-electron chi connectivity index (χ0n) is 14.8. The van der Waals surface area contributed by atoms with Crippen LogP contribution in [0.4, 0.5) is 5.82 Å². The molecule has 1 amide bonds. The van der Waals surface area contributed by atoms with E-state index in [4.69, 9.17) is 0 Å². The number of carbonyl (C=O) groups excluding carboxylic acids is 2. The molecule has 23 heavy (non-hydrogen) atoms. The van der Waals surface area contributed by atoms with E-state index in [1.54, 1.807) is 0 Å². The van der Waals surface area contributed by atoms with E-state index < -0.39 is 8.07 Å². The number of aromatic nitrogens is 2. The summed E-state index contributed by atoms with van der Waals surface area (Å²) in [6.45, 7) is 12.9. The largest absolute Gasteiger partial charge is 0.310 e. The molecule has 2 N–H and O–H groups in total. The zero-order chi connectivity index (χ0) is 17.2. The summed E-state index contributed by atoms with van der Waals surface area (Å²) in [4.78, 5) is 24.9. The van der Waals surface area contributed by atoms with Crippen LogP contribution in [0.5, 0.6) is 0 Å². The number of hydrogen-bond acceptors (Lipinski definition) is 4. The fourth-order valence-electron chi connectivity index (χ4n) is 3.54. The molecule has 2 aliphatic rings. The average molecular weight is 334 g/mol. The number of anilines is 1. The maximum Gasteiger partial charge on any atom is 0.245 e. The third kappa shape index (κ3) is 2.37. The van der Waals surface area contributed by atoms with Gasteiger partial charge in [0.25, 0.3) is 0 Å². The van der Waals surface area contributed by atoms with Gasteiger partial charge in [0, 0.05) is 24.1 Å². The van der Waals surface area contributed by atoms with Gasteiger partial charge in [-0.2, -0.15) is 9.78 Å². The molecule has 0 saturated heterocycles. The van der Waals surface area contributed by atoms with Crippen molar-refractivity contribution in [2.24, 2.45) is 0 Å². The highest BCUT2D eigenvalue weighted by Crippen LogP contribution is 2.61. The van der Waals surface area contributed by atoms with Gasteiger partial charge in [-0.3, -0.25) is 9.59 Å². The molecule has 1 saturated carbocycles. The molecule has 0 unspecified atom stereocenters. The number of rotatable bonds is 3. The summed E-state index contributed by atoms with van der Waals surface area (Å²) < 4.78 is 1.35. The minimum Gasteiger partial charge on any atom is -0.310 e. The smallest absolute Gasteiger partial charge is 0.245 e. The van der Waals surface area contributed by atoms with Crippen LogP contribution in [0.3, 0.4) is 0 Å². The van der Waals surface area contributed by atoms with Gasteiger partial charge in [-0.05, 0) is 26.7 Å². The third-order valence-corrected chi connectivity index (χ3v) is 9.03. The number of carbonyl (C=O) groups is 2. The van der Waals surface area contributed by atoms with E-state index in [2.05, 4.69) is 35.4 Å². The van der Waals surface area contributed by atoms with Crippen LogP contribution in [0.15, 0.2) is 0 Å². The second-order valence-electron chi connectivity index (χ2n) is 8.37. The summed E-state index contributed by atoms with van der Waals surface area (Å²) in [5.41, 5.74) is 1.50. The maximum absolute atomic E-state index is 12.9. The molecular formula is C16H26N4O2Si. The third-order valence-electron chi connectivity index (χ3n) is 5.43. The highest BCUT2D eigenvalue weighted by molar-refractivity contribution is 6.83. The van der Waals surface area contributed by atoms with Crippen molar-refractivity contribution >= 4 is 25.7 Å². The molecule has 1 aliphatic carbocycles. The lowest BCUT2D eigenvalue weighted by molar-refractivity contribution is -0.117. The van der Waals surface area contributed by atoms with Crippen molar-refractivity contribution in [1.82, 2.24) is 15.1 Å². The molecule has 7 heteroatoms. The normalized spacial score (nSPS) is 21.0. The van der Waals surface area contributed by atoms with Crippen LogP contribution in [0.25, 0.3) is 0 Å². The van der Waals surface area contributed by atoms with E-state index >= 15 is 0 Å². The van der Waals surface area contributed by atoms with Crippen LogP contribution in [0, 0.1) is 0 Å². The Hall–Kier alpha value is -1.47. The molecule has 0 bridgehead atoms. The van der Waals surface area contributed by atoms with E-state index in [1.165, 1.54) is 11.6 Å². The SMILES string of the molecule is CC(=O)n1nc2c(c1NC(=O)C1([Si](C)(C)C)CC1)CNC2(C)C. The fourth-order valence-corrected chi connectivity index (χ4v) is 5.91. The first-order valence-corrected chi connectivity index (χ1v) is 11.7. The first kappa shape index (κ1) is 16.4. The van der Waals surface area contributed by atoms with Crippen LogP contribution >= 0.6 is 0 Å². The monoisotopic (exact) mass is 334 g/mol. The predicted molar refractivity (Wildman–Crippen MR) is 92.3 cm³/mol. The lowest BCUT2D eigenvalue weighted by Crippen LogP contribution is -2.39. The molecule has 1 aliphatic heterocycles.